The van der Waals surface area contributed by atoms with E-state index in [1.165, 1.54) is 12.1 Å². The van der Waals surface area contributed by atoms with Crippen LogP contribution in [0.2, 0.25) is 0 Å². The smallest absolute Gasteiger partial charge is 0.353 e. The topological polar surface area (TPSA) is 103 Å². The first-order valence-corrected chi connectivity index (χ1v) is 13.3. The van der Waals surface area contributed by atoms with E-state index >= 15 is 0 Å². The number of nitrogens with one attached hydrogen (secondary N) is 3. The number of likely N-dealkylation sites (N-methyl/N-ethyl adjacent to an activating group) is 1. The van der Waals surface area contributed by atoms with Crippen LogP contribution in [0.1, 0.15) is 21.5 Å². The van der Waals surface area contributed by atoms with Crippen LogP contribution in [0.25, 0.3) is 11.0 Å². The molecule has 2 aromatic carbocycles. The van der Waals surface area contributed by atoms with Gasteiger partial charge >= 0.3 is 6.18 Å². The molecule has 0 bridgehead atoms. The van der Waals surface area contributed by atoms with Gasteiger partial charge in [-0.25, -0.2) is 9.67 Å². The molecule has 1 aliphatic rings. The molecule has 0 spiro atoms. The minimum absolute atomic E-state index is 0.0873. The number of rotatable bonds is 8. The summed E-state index contributed by atoms with van der Waals surface area (Å²) in [5.74, 6) is 0.419. The van der Waals surface area contributed by atoms with Gasteiger partial charge in [0.25, 0.3) is 5.91 Å². The molecule has 3 heterocycles. The van der Waals surface area contributed by atoms with Gasteiger partial charge in [-0.1, -0.05) is 12.1 Å². The summed E-state index contributed by atoms with van der Waals surface area (Å²) in [4.78, 5) is 26.5. The van der Waals surface area contributed by atoms with Crippen LogP contribution in [0.15, 0.2) is 48.7 Å². The molecule has 0 aliphatic carbocycles. The summed E-state index contributed by atoms with van der Waals surface area (Å²) in [6, 6.07) is 9.50. The van der Waals surface area contributed by atoms with Gasteiger partial charge < -0.3 is 20.9 Å². The first kappa shape index (κ1) is 28.3. The highest BCUT2D eigenvalue weighted by Gasteiger charge is 2.31. The molecular weight excluding hydrogens is 535 g/mol. The Labute approximate surface area is 235 Å². The number of hydrogen-bond acceptors (Lipinski definition) is 8. The number of fused-ring (bicyclic) bond motifs is 1. The third kappa shape index (κ3) is 6.74. The number of aryl methyl sites for hydroxylation is 2. The van der Waals surface area contributed by atoms with E-state index in [9.17, 15) is 18.0 Å². The molecule has 10 nitrogen and oxygen atoms in total. The number of anilines is 4. The van der Waals surface area contributed by atoms with Crippen LogP contribution in [0.4, 0.5) is 36.3 Å². The first-order valence-electron chi connectivity index (χ1n) is 13.3. The van der Waals surface area contributed by atoms with Gasteiger partial charge in [0.15, 0.2) is 11.5 Å². The van der Waals surface area contributed by atoms with Crippen molar-refractivity contribution in [2.75, 3.05) is 62.3 Å². The van der Waals surface area contributed by atoms with E-state index < -0.39 is 17.6 Å². The Morgan fingerprint density at radius 3 is 2.59 bits per heavy atom. The number of amides is 1. The average Bonchev–Trinajstić information content (AvgIpc) is 3.25. The third-order valence-corrected chi connectivity index (χ3v) is 7.09. The summed E-state index contributed by atoms with van der Waals surface area (Å²) in [5, 5.41) is 14.5. The lowest BCUT2D eigenvalue weighted by Gasteiger charge is -2.32. The van der Waals surface area contributed by atoms with Crippen molar-refractivity contribution in [1.82, 2.24) is 29.5 Å². The van der Waals surface area contributed by atoms with Gasteiger partial charge in [0.2, 0.25) is 5.95 Å². The van der Waals surface area contributed by atoms with E-state index in [4.69, 9.17) is 0 Å². The van der Waals surface area contributed by atoms with Crippen LogP contribution in [0.3, 0.4) is 0 Å². The van der Waals surface area contributed by atoms with Crippen molar-refractivity contribution in [3.8, 4) is 0 Å². The van der Waals surface area contributed by atoms with E-state index in [2.05, 4.69) is 47.9 Å². The number of hydrogen-bond donors (Lipinski definition) is 3. The Kier molecular flexibility index (Phi) is 8.08. The van der Waals surface area contributed by atoms with Gasteiger partial charge in [-0.3, -0.25) is 9.69 Å². The molecule has 1 saturated heterocycles. The lowest BCUT2D eigenvalue weighted by Crippen LogP contribution is -2.45. The number of benzene rings is 2. The summed E-state index contributed by atoms with van der Waals surface area (Å²) in [7, 11) is 3.93. The van der Waals surface area contributed by atoms with Crippen LogP contribution in [-0.4, -0.2) is 81.8 Å². The van der Waals surface area contributed by atoms with Crippen LogP contribution < -0.4 is 16.0 Å². The van der Waals surface area contributed by atoms with E-state index in [1.54, 1.807) is 36.1 Å². The molecule has 4 aromatic rings. The van der Waals surface area contributed by atoms with Gasteiger partial charge in [-0.2, -0.15) is 23.3 Å². The Balaban J connectivity index is 1.27. The molecule has 3 N–H and O–H groups in total. The van der Waals surface area contributed by atoms with Crippen LogP contribution >= 0.6 is 0 Å². The maximum Gasteiger partial charge on any atom is 0.416 e. The predicted octanol–water partition coefficient (Wildman–Crippen LogP) is 4.35. The van der Waals surface area contributed by atoms with Gasteiger partial charge in [-0.15, -0.1) is 0 Å². The van der Waals surface area contributed by atoms with E-state index in [-0.39, 0.29) is 5.56 Å². The molecule has 5 rings (SSSR count). The predicted molar refractivity (Wildman–Crippen MR) is 153 cm³/mol. The number of aromatic nitrogens is 4. The number of alkyl halides is 3. The Bertz CT molecular complexity index is 1540. The van der Waals surface area contributed by atoms with Crippen molar-refractivity contribution in [3.05, 3.63) is 65.4 Å². The second kappa shape index (κ2) is 11.7. The second-order valence-electron chi connectivity index (χ2n) is 10.2. The minimum atomic E-state index is -4.53. The minimum Gasteiger partial charge on any atom is -0.353 e. The number of halogens is 3. The van der Waals surface area contributed by atoms with Crippen molar-refractivity contribution < 1.29 is 18.0 Å². The number of carbonyl (C=O) groups excluding carboxylic acids is 1. The third-order valence-electron chi connectivity index (χ3n) is 7.09. The summed E-state index contributed by atoms with van der Waals surface area (Å²) in [6.07, 6.45) is -2.82. The SMILES string of the molecule is Cc1ccc(NC(=O)c2cccc(C(F)(F)F)c2)cc1Nc1nn(C)c2nc(NCCN3CCN(C)CC3)ncc12. The van der Waals surface area contributed by atoms with Crippen molar-refractivity contribution in [1.29, 1.82) is 0 Å². The van der Waals surface area contributed by atoms with Gasteiger partial charge in [0.05, 0.1) is 10.9 Å². The Morgan fingerprint density at radius 1 is 1.05 bits per heavy atom. The molecular formula is C28H32F3N9O. The zero-order valence-corrected chi connectivity index (χ0v) is 23.1. The highest BCUT2D eigenvalue weighted by molar-refractivity contribution is 6.04. The largest absolute Gasteiger partial charge is 0.416 e. The fourth-order valence-electron chi connectivity index (χ4n) is 4.61. The molecule has 41 heavy (non-hydrogen) atoms. The molecule has 0 saturated carbocycles. The quantitative estimate of drug-likeness (QED) is 0.289. The lowest BCUT2D eigenvalue weighted by atomic mass is 10.1. The molecule has 1 aliphatic heterocycles. The molecule has 0 atom stereocenters. The maximum absolute atomic E-state index is 13.1. The fourth-order valence-corrected chi connectivity index (χ4v) is 4.61. The number of carbonyl (C=O) groups is 1. The lowest BCUT2D eigenvalue weighted by molar-refractivity contribution is -0.137. The van der Waals surface area contributed by atoms with E-state index in [1.807, 2.05) is 6.92 Å². The standard InChI is InChI=1S/C28H32F3N9O/c1-18-7-8-21(34-26(41)19-5-4-6-20(15-19)28(29,30)31)16-23(18)35-24-22-17-33-27(36-25(22)39(3)37-24)32-9-10-40-13-11-38(2)12-14-40/h4-8,15-17H,9-14H2,1-3H3,(H,34,41)(H,35,37)(H,32,33,36). The van der Waals surface area contributed by atoms with Crippen molar-refractivity contribution in [2.45, 2.75) is 13.1 Å². The zero-order chi connectivity index (χ0) is 29.1. The number of nitrogens with zero attached hydrogens (tertiary/aromatic N) is 6. The Morgan fingerprint density at radius 2 is 1.83 bits per heavy atom. The van der Waals surface area contributed by atoms with Gasteiger partial charge in [-0.05, 0) is 49.9 Å². The van der Waals surface area contributed by atoms with Crippen molar-refractivity contribution >= 4 is 40.1 Å². The zero-order valence-electron chi connectivity index (χ0n) is 23.1. The highest BCUT2D eigenvalue weighted by atomic mass is 19.4. The molecule has 13 heteroatoms. The highest BCUT2D eigenvalue weighted by Crippen LogP contribution is 2.31. The molecule has 0 radical (unpaired) electrons. The van der Waals surface area contributed by atoms with E-state index in [0.717, 1.165) is 62.4 Å². The van der Waals surface area contributed by atoms with Crippen molar-refractivity contribution in [3.63, 3.8) is 0 Å². The molecule has 2 aromatic heterocycles. The summed E-state index contributed by atoms with van der Waals surface area (Å²) in [5.41, 5.74) is 1.65. The maximum atomic E-state index is 13.1. The number of piperazine rings is 1. The average molecular weight is 568 g/mol. The van der Waals surface area contributed by atoms with Crippen LogP contribution in [0.5, 0.6) is 0 Å². The van der Waals surface area contributed by atoms with Gasteiger partial charge in [0.1, 0.15) is 0 Å². The van der Waals surface area contributed by atoms with Gasteiger partial charge in [0, 0.05) is 69.5 Å². The Hall–Kier alpha value is -4.23. The van der Waals surface area contributed by atoms with Crippen LogP contribution in [-0.2, 0) is 13.2 Å². The monoisotopic (exact) mass is 567 g/mol. The molecule has 1 fully saturated rings. The molecule has 1 amide bonds. The summed E-state index contributed by atoms with van der Waals surface area (Å²) in [6.45, 7) is 7.76. The second-order valence-corrected chi connectivity index (χ2v) is 10.2. The molecule has 216 valence electrons. The normalized spacial score (nSPS) is 14.8. The summed E-state index contributed by atoms with van der Waals surface area (Å²) < 4.78 is 40.9. The van der Waals surface area contributed by atoms with Crippen molar-refractivity contribution in [2.24, 2.45) is 7.05 Å². The fraction of sp³-hybridized carbons (Fsp3) is 0.357. The van der Waals surface area contributed by atoms with Crippen LogP contribution in [0, 0.1) is 6.92 Å². The molecule has 0 unspecified atom stereocenters. The summed E-state index contributed by atoms with van der Waals surface area (Å²) >= 11 is 0. The first-order chi connectivity index (χ1) is 19.6. The van der Waals surface area contributed by atoms with E-state index in [0.29, 0.717) is 28.8 Å².